The number of carbonyl (C=O) groups excluding carboxylic acids is 2. The first-order valence-electron chi connectivity index (χ1n) is 4.56. The SMILES string of the molecule is CCC(C)(C)C(=O)C1CNC(=O)N1. The average Bonchev–Trinajstić information content (AvgIpc) is 2.50. The van der Waals surface area contributed by atoms with E-state index in [9.17, 15) is 9.59 Å². The van der Waals surface area contributed by atoms with Crippen LogP contribution in [0.1, 0.15) is 27.2 Å². The molecular weight excluding hydrogens is 168 g/mol. The first-order valence-corrected chi connectivity index (χ1v) is 4.56. The molecule has 0 radical (unpaired) electrons. The second-order valence-electron chi connectivity index (χ2n) is 4.01. The Morgan fingerprint density at radius 3 is 2.62 bits per heavy atom. The topological polar surface area (TPSA) is 58.2 Å². The molecule has 1 saturated heterocycles. The van der Waals surface area contributed by atoms with Crippen molar-refractivity contribution >= 4 is 11.8 Å². The van der Waals surface area contributed by atoms with Crippen LogP contribution >= 0.6 is 0 Å². The van der Waals surface area contributed by atoms with E-state index >= 15 is 0 Å². The molecule has 1 atom stereocenters. The Morgan fingerprint density at radius 2 is 2.23 bits per heavy atom. The van der Waals surface area contributed by atoms with Gasteiger partial charge in [-0.05, 0) is 6.42 Å². The van der Waals surface area contributed by atoms with E-state index < -0.39 is 0 Å². The van der Waals surface area contributed by atoms with Crippen LogP contribution < -0.4 is 10.6 Å². The monoisotopic (exact) mass is 184 g/mol. The molecule has 0 aromatic heterocycles. The predicted molar refractivity (Wildman–Crippen MR) is 49.4 cm³/mol. The van der Waals surface area contributed by atoms with Gasteiger partial charge in [-0.1, -0.05) is 20.8 Å². The Labute approximate surface area is 78.1 Å². The fourth-order valence-electron chi connectivity index (χ4n) is 1.26. The van der Waals surface area contributed by atoms with Gasteiger partial charge in [0.15, 0.2) is 5.78 Å². The van der Waals surface area contributed by atoms with Gasteiger partial charge in [0.1, 0.15) is 6.04 Å². The third-order valence-corrected chi connectivity index (χ3v) is 2.64. The standard InChI is InChI=1S/C9H16N2O2/c1-4-9(2,3)7(12)6-5-10-8(13)11-6/h6H,4-5H2,1-3H3,(H2,10,11,13). The minimum Gasteiger partial charge on any atom is -0.336 e. The highest BCUT2D eigenvalue weighted by Gasteiger charge is 2.35. The Hall–Kier alpha value is -1.06. The van der Waals surface area contributed by atoms with Gasteiger partial charge in [0.2, 0.25) is 0 Å². The molecule has 0 saturated carbocycles. The lowest BCUT2D eigenvalue weighted by Crippen LogP contribution is -2.42. The molecule has 0 aromatic rings. The van der Waals surface area contributed by atoms with Crippen LogP contribution in [0.15, 0.2) is 0 Å². The Bertz CT molecular complexity index is 236. The summed E-state index contributed by atoms with van der Waals surface area (Å²) in [5.74, 6) is 0.105. The van der Waals surface area contributed by atoms with Gasteiger partial charge in [-0.2, -0.15) is 0 Å². The van der Waals surface area contributed by atoms with Crippen molar-refractivity contribution in [3.63, 3.8) is 0 Å². The molecule has 1 unspecified atom stereocenters. The molecule has 1 rings (SSSR count). The first kappa shape index (κ1) is 10.0. The molecule has 4 heteroatoms. The number of amides is 2. The van der Waals surface area contributed by atoms with Crippen molar-refractivity contribution in [1.82, 2.24) is 10.6 Å². The van der Waals surface area contributed by atoms with Crippen LogP contribution in [0.3, 0.4) is 0 Å². The maximum Gasteiger partial charge on any atom is 0.315 e. The lowest BCUT2D eigenvalue weighted by atomic mass is 9.82. The van der Waals surface area contributed by atoms with Crippen molar-refractivity contribution in [2.24, 2.45) is 5.41 Å². The summed E-state index contributed by atoms with van der Waals surface area (Å²) in [6, 6.07) is -0.590. The number of hydrogen-bond donors (Lipinski definition) is 2. The normalized spacial score (nSPS) is 22.4. The molecule has 0 aromatic carbocycles. The molecule has 0 bridgehead atoms. The van der Waals surface area contributed by atoms with E-state index in [1.165, 1.54) is 0 Å². The molecule has 4 nitrogen and oxygen atoms in total. The Balaban J connectivity index is 2.63. The molecule has 1 aliphatic rings. The number of ketones is 1. The van der Waals surface area contributed by atoms with Crippen molar-refractivity contribution in [3.05, 3.63) is 0 Å². The van der Waals surface area contributed by atoms with E-state index in [4.69, 9.17) is 0 Å². The lowest BCUT2D eigenvalue weighted by molar-refractivity contribution is -0.128. The van der Waals surface area contributed by atoms with Gasteiger partial charge < -0.3 is 10.6 Å². The first-order chi connectivity index (χ1) is 5.97. The zero-order valence-corrected chi connectivity index (χ0v) is 8.31. The Morgan fingerprint density at radius 1 is 1.62 bits per heavy atom. The number of rotatable bonds is 3. The molecule has 0 aliphatic carbocycles. The molecule has 0 spiro atoms. The highest BCUT2D eigenvalue weighted by Crippen LogP contribution is 2.23. The summed E-state index contributed by atoms with van der Waals surface area (Å²) in [4.78, 5) is 22.6. The summed E-state index contributed by atoms with van der Waals surface area (Å²) < 4.78 is 0. The Kier molecular flexibility index (Phi) is 2.59. The van der Waals surface area contributed by atoms with Crippen LogP contribution in [-0.4, -0.2) is 24.4 Å². The predicted octanol–water partition coefficient (Wildman–Crippen LogP) is 0.673. The van der Waals surface area contributed by atoms with Gasteiger partial charge in [0, 0.05) is 12.0 Å². The molecule has 2 N–H and O–H groups in total. The summed E-state index contributed by atoms with van der Waals surface area (Å²) in [5.41, 5.74) is -0.343. The third-order valence-electron chi connectivity index (χ3n) is 2.64. The van der Waals surface area contributed by atoms with Gasteiger partial charge >= 0.3 is 6.03 Å². The second kappa shape index (κ2) is 3.36. The van der Waals surface area contributed by atoms with E-state index in [-0.39, 0.29) is 23.3 Å². The molecule has 2 amide bonds. The van der Waals surface area contributed by atoms with E-state index in [2.05, 4.69) is 10.6 Å². The third kappa shape index (κ3) is 1.99. The quantitative estimate of drug-likeness (QED) is 0.677. The summed E-state index contributed by atoms with van der Waals surface area (Å²) in [5, 5.41) is 5.17. The zero-order valence-electron chi connectivity index (χ0n) is 8.31. The van der Waals surface area contributed by atoms with Crippen molar-refractivity contribution < 1.29 is 9.59 Å². The van der Waals surface area contributed by atoms with E-state index in [0.717, 1.165) is 6.42 Å². The van der Waals surface area contributed by atoms with Gasteiger partial charge in [-0.25, -0.2) is 4.79 Å². The van der Waals surface area contributed by atoms with Crippen LogP contribution in [0.5, 0.6) is 0 Å². The van der Waals surface area contributed by atoms with Crippen molar-refractivity contribution in [3.8, 4) is 0 Å². The summed E-state index contributed by atoms with van der Waals surface area (Å²) in [6.07, 6.45) is 0.790. The zero-order chi connectivity index (χ0) is 10.1. The lowest BCUT2D eigenvalue weighted by Gasteiger charge is -2.23. The van der Waals surface area contributed by atoms with Gasteiger partial charge in [-0.15, -0.1) is 0 Å². The minimum absolute atomic E-state index is 0.105. The molecule has 13 heavy (non-hydrogen) atoms. The molecule has 74 valence electrons. The fraction of sp³-hybridized carbons (Fsp3) is 0.778. The van der Waals surface area contributed by atoms with Crippen LogP contribution in [0.25, 0.3) is 0 Å². The highest BCUT2D eigenvalue weighted by atomic mass is 16.2. The number of nitrogens with one attached hydrogen (secondary N) is 2. The van der Waals surface area contributed by atoms with E-state index in [0.29, 0.717) is 6.54 Å². The van der Waals surface area contributed by atoms with E-state index in [1.807, 2.05) is 20.8 Å². The summed E-state index contributed by atoms with van der Waals surface area (Å²) in [7, 11) is 0. The van der Waals surface area contributed by atoms with Crippen LogP contribution in [0.2, 0.25) is 0 Å². The number of Topliss-reactive ketones (excluding diaryl/α,β-unsaturated/α-hetero) is 1. The van der Waals surface area contributed by atoms with Crippen LogP contribution in [-0.2, 0) is 4.79 Å². The molecule has 1 fully saturated rings. The summed E-state index contributed by atoms with van der Waals surface area (Å²) in [6.45, 7) is 6.20. The minimum atomic E-state index is -0.345. The van der Waals surface area contributed by atoms with Gasteiger partial charge in [0.05, 0.1) is 0 Å². The fourth-order valence-corrected chi connectivity index (χ4v) is 1.26. The molecule has 1 heterocycles. The van der Waals surface area contributed by atoms with Crippen molar-refractivity contribution in [2.75, 3.05) is 6.54 Å². The van der Waals surface area contributed by atoms with Crippen molar-refractivity contribution in [1.29, 1.82) is 0 Å². The van der Waals surface area contributed by atoms with E-state index in [1.54, 1.807) is 0 Å². The highest BCUT2D eigenvalue weighted by molar-refractivity contribution is 5.94. The number of hydrogen-bond acceptors (Lipinski definition) is 2. The molecule has 1 aliphatic heterocycles. The molecular formula is C9H16N2O2. The number of urea groups is 1. The van der Waals surface area contributed by atoms with Crippen molar-refractivity contribution in [2.45, 2.75) is 33.2 Å². The number of carbonyl (C=O) groups is 2. The largest absolute Gasteiger partial charge is 0.336 e. The van der Waals surface area contributed by atoms with Crippen LogP contribution in [0, 0.1) is 5.41 Å². The van der Waals surface area contributed by atoms with Gasteiger partial charge in [0.25, 0.3) is 0 Å². The average molecular weight is 184 g/mol. The van der Waals surface area contributed by atoms with Crippen LogP contribution in [0.4, 0.5) is 4.79 Å². The second-order valence-corrected chi connectivity index (χ2v) is 4.01. The summed E-state index contributed by atoms with van der Waals surface area (Å²) >= 11 is 0. The maximum atomic E-state index is 11.8. The maximum absolute atomic E-state index is 11.8. The van der Waals surface area contributed by atoms with Gasteiger partial charge in [-0.3, -0.25) is 4.79 Å². The smallest absolute Gasteiger partial charge is 0.315 e.